The van der Waals surface area contributed by atoms with Gasteiger partial charge in [-0.05, 0) is 85.9 Å². The lowest BCUT2D eigenvalue weighted by Gasteiger charge is -2.70. The summed E-state index contributed by atoms with van der Waals surface area (Å²) in [5, 5.41) is 0. The summed E-state index contributed by atoms with van der Waals surface area (Å²) in [6.45, 7) is 17.0. The SMILES string of the molecule is CCC(=O)OC(CC)CC(=O)O[C@H]1C[C@@H]2[C@@]3(C)CCC[C@](C)(CC)[C@@H]3CC[C@@]2(C)[C@@H]2CC=C(C(C)=O)[C@H](C=O)[C@@]12C. The molecular weight excluding hydrogens is 516 g/mol. The zero-order valence-corrected chi connectivity index (χ0v) is 26.8. The van der Waals surface area contributed by atoms with Gasteiger partial charge >= 0.3 is 11.9 Å². The number of fused-ring (bicyclic) bond motifs is 5. The summed E-state index contributed by atoms with van der Waals surface area (Å²) in [7, 11) is 0. The first-order valence-electron chi connectivity index (χ1n) is 16.3. The number of rotatable bonds is 9. The molecule has 0 spiro atoms. The lowest BCUT2D eigenvalue weighted by molar-refractivity contribution is -0.240. The molecule has 0 heterocycles. The Kier molecular flexibility index (Phi) is 9.04. The summed E-state index contributed by atoms with van der Waals surface area (Å²) in [6.07, 6.45) is 11.2. The average molecular weight is 571 g/mol. The molecule has 230 valence electrons. The quantitative estimate of drug-likeness (QED) is 0.212. The maximum Gasteiger partial charge on any atom is 0.309 e. The minimum absolute atomic E-state index is 0.00359. The highest BCUT2D eigenvalue weighted by atomic mass is 16.6. The van der Waals surface area contributed by atoms with Crippen LogP contribution in [0.3, 0.4) is 0 Å². The van der Waals surface area contributed by atoms with Crippen LogP contribution in [0, 0.1) is 45.3 Å². The van der Waals surface area contributed by atoms with Gasteiger partial charge in [-0.25, -0.2) is 0 Å². The fourth-order valence-corrected chi connectivity index (χ4v) is 10.6. The molecule has 0 aromatic rings. The van der Waals surface area contributed by atoms with E-state index in [9.17, 15) is 19.2 Å². The third-order valence-electron chi connectivity index (χ3n) is 13.0. The second-order valence-electron chi connectivity index (χ2n) is 14.8. The molecule has 0 aliphatic heterocycles. The number of ether oxygens (including phenoxy) is 2. The van der Waals surface area contributed by atoms with E-state index < -0.39 is 29.5 Å². The molecule has 41 heavy (non-hydrogen) atoms. The van der Waals surface area contributed by atoms with Crippen molar-refractivity contribution in [3.8, 4) is 0 Å². The predicted molar refractivity (Wildman–Crippen MR) is 159 cm³/mol. The molecule has 4 aliphatic rings. The molecule has 0 aromatic heterocycles. The van der Waals surface area contributed by atoms with E-state index in [1.807, 2.05) is 13.0 Å². The van der Waals surface area contributed by atoms with E-state index in [0.29, 0.717) is 42.1 Å². The van der Waals surface area contributed by atoms with Gasteiger partial charge in [0.15, 0.2) is 5.78 Å². The molecule has 0 amide bonds. The van der Waals surface area contributed by atoms with E-state index in [4.69, 9.17) is 9.47 Å². The number of esters is 2. The Balaban J connectivity index is 1.76. The van der Waals surface area contributed by atoms with Gasteiger partial charge in [0.1, 0.15) is 18.5 Å². The minimum Gasteiger partial charge on any atom is -0.462 e. The summed E-state index contributed by atoms with van der Waals surface area (Å²) >= 11 is 0. The summed E-state index contributed by atoms with van der Waals surface area (Å²) in [5.74, 6) is -0.360. The van der Waals surface area contributed by atoms with Crippen LogP contribution in [0.1, 0.15) is 126 Å². The lowest BCUT2D eigenvalue weighted by atomic mass is 9.34. The molecule has 4 aliphatic carbocycles. The number of aldehydes is 1. The van der Waals surface area contributed by atoms with Gasteiger partial charge in [-0.15, -0.1) is 0 Å². The van der Waals surface area contributed by atoms with E-state index >= 15 is 0 Å². The van der Waals surface area contributed by atoms with Crippen LogP contribution in [0.2, 0.25) is 0 Å². The number of ketones is 1. The van der Waals surface area contributed by atoms with E-state index in [-0.39, 0.29) is 41.3 Å². The van der Waals surface area contributed by atoms with Gasteiger partial charge in [-0.3, -0.25) is 14.4 Å². The van der Waals surface area contributed by atoms with E-state index in [0.717, 1.165) is 12.7 Å². The topological polar surface area (TPSA) is 86.7 Å². The maximum atomic E-state index is 13.5. The van der Waals surface area contributed by atoms with Crippen LogP contribution >= 0.6 is 0 Å². The van der Waals surface area contributed by atoms with Crippen molar-refractivity contribution in [2.24, 2.45) is 45.3 Å². The number of carbonyl (C=O) groups is 4. The van der Waals surface area contributed by atoms with Crippen molar-refractivity contribution in [2.75, 3.05) is 0 Å². The Morgan fingerprint density at radius 1 is 0.976 bits per heavy atom. The van der Waals surface area contributed by atoms with Crippen LogP contribution < -0.4 is 0 Å². The molecular formula is C35H54O6. The van der Waals surface area contributed by atoms with Gasteiger partial charge in [-0.2, -0.15) is 0 Å². The predicted octanol–water partition coefficient (Wildman–Crippen LogP) is 7.42. The number of hydrogen-bond donors (Lipinski definition) is 0. The van der Waals surface area contributed by atoms with Crippen LogP contribution in [0.4, 0.5) is 0 Å². The van der Waals surface area contributed by atoms with Gasteiger partial charge < -0.3 is 14.3 Å². The smallest absolute Gasteiger partial charge is 0.309 e. The molecule has 0 saturated heterocycles. The first-order chi connectivity index (χ1) is 19.2. The number of hydrogen-bond acceptors (Lipinski definition) is 6. The van der Waals surface area contributed by atoms with Crippen molar-refractivity contribution >= 4 is 24.0 Å². The highest BCUT2D eigenvalue weighted by Gasteiger charge is 2.69. The molecule has 4 rings (SSSR count). The Morgan fingerprint density at radius 3 is 2.24 bits per heavy atom. The lowest BCUT2D eigenvalue weighted by Crippen LogP contribution is -2.67. The average Bonchev–Trinajstić information content (AvgIpc) is 2.92. The molecule has 6 heteroatoms. The molecule has 3 fully saturated rings. The number of allylic oxidation sites excluding steroid dienone is 2. The van der Waals surface area contributed by atoms with Crippen molar-refractivity contribution in [3.63, 3.8) is 0 Å². The van der Waals surface area contributed by atoms with Crippen molar-refractivity contribution in [1.29, 1.82) is 0 Å². The third-order valence-corrected chi connectivity index (χ3v) is 13.0. The minimum atomic E-state index is -0.688. The second kappa shape index (κ2) is 11.6. The molecule has 10 atom stereocenters. The Bertz CT molecular complexity index is 1080. The first kappa shape index (κ1) is 31.9. The molecule has 0 bridgehead atoms. The van der Waals surface area contributed by atoms with Crippen LogP contribution in [0.5, 0.6) is 0 Å². The second-order valence-corrected chi connectivity index (χ2v) is 14.8. The van der Waals surface area contributed by atoms with Gasteiger partial charge in [0.2, 0.25) is 0 Å². The van der Waals surface area contributed by atoms with Crippen LogP contribution in [-0.4, -0.2) is 36.2 Å². The molecule has 1 unspecified atom stereocenters. The van der Waals surface area contributed by atoms with E-state index in [1.54, 1.807) is 6.92 Å². The van der Waals surface area contributed by atoms with Gasteiger partial charge in [0, 0.05) is 17.4 Å². The first-order valence-corrected chi connectivity index (χ1v) is 16.3. The zero-order chi connectivity index (χ0) is 30.4. The van der Waals surface area contributed by atoms with Gasteiger partial charge in [-0.1, -0.05) is 67.4 Å². The molecule has 0 aromatic carbocycles. The fraction of sp³-hybridized carbons (Fsp3) is 0.829. The van der Waals surface area contributed by atoms with Crippen LogP contribution in [0.15, 0.2) is 11.6 Å². The number of Topliss-reactive ketones (excluding diaryl/α,β-unsaturated/α-hetero) is 1. The molecule has 0 radical (unpaired) electrons. The number of carbonyl (C=O) groups excluding carboxylic acids is 4. The highest BCUT2D eigenvalue weighted by molar-refractivity contribution is 5.97. The van der Waals surface area contributed by atoms with E-state index in [1.165, 1.54) is 39.0 Å². The molecule has 6 nitrogen and oxygen atoms in total. The summed E-state index contributed by atoms with van der Waals surface area (Å²) in [5.41, 5.74) is 0.259. The maximum absolute atomic E-state index is 13.5. The third kappa shape index (κ3) is 5.13. The zero-order valence-electron chi connectivity index (χ0n) is 26.8. The van der Waals surface area contributed by atoms with Crippen molar-refractivity contribution < 1.29 is 28.7 Å². The Hall–Kier alpha value is -1.98. The largest absolute Gasteiger partial charge is 0.462 e. The van der Waals surface area contributed by atoms with Gasteiger partial charge in [0.05, 0.1) is 12.3 Å². The van der Waals surface area contributed by atoms with Gasteiger partial charge in [0.25, 0.3) is 0 Å². The standard InChI is InChI=1S/C35H54O6/c1-9-23(40-30(38)10-2)19-31(39)41-29-20-28-33(6)17-12-16-32(5,11-3)26(33)15-18-34(28,7)27-14-13-24(22(4)37)25(21-36)35(27,29)8/h13,21,23,25-29H,9-12,14-20H2,1-8H3/t23?,25-,26-,27-,28+,29-,32-,33-,34-,35+/m0/s1. The fourth-order valence-electron chi connectivity index (χ4n) is 10.6. The summed E-state index contributed by atoms with van der Waals surface area (Å²) in [6, 6.07) is 0. The van der Waals surface area contributed by atoms with Crippen LogP contribution in [-0.2, 0) is 28.7 Å². The van der Waals surface area contributed by atoms with Crippen molar-refractivity contribution in [3.05, 3.63) is 11.6 Å². The van der Waals surface area contributed by atoms with Crippen molar-refractivity contribution in [1.82, 2.24) is 0 Å². The molecule has 3 saturated carbocycles. The van der Waals surface area contributed by atoms with E-state index in [2.05, 4.69) is 34.6 Å². The Labute approximate surface area is 247 Å². The monoisotopic (exact) mass is 570 g/mol. The highest BCUT2D eigenvalue weighted by Crippen LogP contribution is 2.73. The Morgan fingerprint density at radius 2 is 1.66 bits per heavy atom. The molecule has 0 N–H and O–H groups in total. The summed E-state index contributed by atoms with van der Waals surface area (Å²) in [4.78, 5) is 51.1. The normalized spacial score (nSPS) is 42.4. The summed E-state index contributed by atoms with van der Waals surface area (Å²) < 4.78 is 11.9. The van der Waals surface area contributed by atoms with Crippen LogP contribution in [0.25, 0.3) is 0 Å². The van der Waals surface area contributed by atoms with Crippen molar-refractivity contribution in [2.45, 2.75) is 138 Å².